The van der Waals surface area contributed by atoms with E-state index in [9.17, 15) is 9.59 Å². The number of carbonyl (C=O) groups excluding carboxylic acids is 2. The van der Waals surface area contributed by atoms with E-state index >= 15 is 0 Å². The summed E-state index contributed by atoms with van der Waals surface area (Å²) >= 11 is 1.55. The van der Waals surface area contributed by atoms with Crippen molar-refractivity contribution in [3.05, 3.63) is 34.5 Å². The summed E-state index contributed by atoms with van der Waals surface area (Å²) in [5, 5.41) is 6.14. The van der Waals surface area contributed by atoms with E-state index in [2.05, 4.69) is 10.1 Å². The number of aromatic nitrogens is 3. The number of nitrogens with zero attached hydrogens (tertiary/aromatic N) is 5. The second-order valence-corrected chi connectivity index (χ2v) is 7.84. The first-order valence-corrected chi connectivity index (χ1v) is 9.98. The van der Waals surface area contributed by atoms with Crippen LogP contribution in [0.25, 0.3) is 0 Å². The van der Waals surface area contributed by atoms with Crippen molar-refractivity contribution in [3.8, 4) is 0 Å². The quantitative estimate of drug-likeness (QED) is 0.796. The lowest BCUT2D eigenvalue weighted by Gasteiger charge is -2.35. The third kappa shape index (κ3) is 3.38. The molecule has 2 amide bonds. The van der Waals surface area contributed by atoms with Crippen LogP contribution in [0.2, 0.25) is 0 Å². The van der Waals surface area contributed by atoms with Crippen molar-refractivity contribution in [2.45, 2.75) is 38.3 Å². The van der Waals surface area contributed by atoms with E-state index in [-0.39, 0.29) is 23.8 Å². The highest BCUT2D eigenvalue weighted by molar-refractivity contribution is 7.07. The molecule has 0 saturated carbocycles. The molecule has 3 saturated heterocycles. The summed E-state index contributed by atoms with van der Waals surface area (Å²) in [5.74, 6) is 0.232. The molecule has 2 aromatic heterocycles. The highest BCUT2D eigenvalue weighted by Crippen LogP contribution is 2.30. The maximum Gasteiger partial charge on any atom is 0.228 e. The van der Waals surface area contributed by atoms with Gasteiger partial charge in [0.15, 0.2) is 0 Å². The van der Waals surface area contributed by atoms with E-state index in [0.717, 1.165) is 24.2 Å². The molecule has 3 aliphatic rings. The molecule has 0 radical (unpaired) electrons. The lowest BCUT2D eigenvalue weighted by molar-refractivity contribution is -0.140. The minimum Gasteiger partial charge on any atom is -0.340 e. The standard InChI is InChI=1S/C18H23N5O2S/c1-21-15(6-7-20-21)4-5-17(24)22-8-13-2-3-16(10-22)23(18(13)25)9-14-11-26-12-19-14/h6-7,11-13,16H,2-5,8-10H2,1H3/t13-,16+/m0/s1. The number of aryl methyl sites for hydroxylation is 2. The van der Waals surface area contributed by atoms with Gasteiger partial charge in [0.25, 0.3) is 0 Å². The van der Waals surface area contributed by atoms with Crippen LogP contribution in [0.5, 0.6) is 0 Å². The number of rotatable bonds is 5. The summed E-state index contributed by atoms with van der Waals surface area (Å²) in [6.07, 6.45) is 4.73. The largest absolute Gasteiger partial charge is 0.340 e. The lowest BCUT2D eigenvalue weighted by atomic mass is 9.94. The van der Waals surface area contributed by atoms with Crippen LogP contribution in [-0.4, -0.2) is 55.5 Å². The van der Waals surface area contributed by atoms with Gasteiger partial charge in [-0.2, -0.15) is 5.10 Å². The lowest BCUT2D eigenvalue weighted by Crippen LogP contribution is -2.47. The van der Waals surface area contributed by atoms with Crippen LogP contribution in [0.3, 0.4) is 0 Å². The summed E-state index contributed by atoms with van der Waals surface area (Å²) in [5.41, 5.74) is 3.78. The Morgan fingerprint density at radius 3 is 2.96 bits per heavy atom. The Kier molecular flexibility index (Phi) is 4.76. The molecule has 2 atom stereocenters. The van der Waals surface area contributed by atoms with Crippen LogP contribution in [0, 0.1) is 5.92 Å². The molecule has 0 aliphatic carbocycles. The molecular formula is C18H23N5O2S. The molecule has 0 aromatic carbocycles. The van der Waals surface area contributed by atoms with Gasteiger partial charge in [0.2, 0.25) is 11.8 Å². The van der Waals surface area contributed by atoms with E-state index in [1.165, 1.54) is 0 Å². The fourth-order valence-electron chi connectivity index (χ4n) is 3.98. The van der Waals surface area contributed by atoms with Crippen LogP contribution in [0.4, 0.5) is 0 Å². The van der Waals surface area contributed by atoms with E-state index in [4.69, 9.17) is 0 Å². The van der Waals surface area contributed by atoms with Crippen molar-refractivity contribution in [2.75, 3.05) is 13.1 Å². The zero-order chi connectivity index (χ0) is 18.1. The fraction of sp³-hybridized carbons (Fsp3) is 0.556. The monoisotopic (exact) mass is 373 g/mol. The number of fused-ring (bicyclic) bond motifs is 4. The molecule has 0 N–H and O–H groups in total. The van der Waals surface area contributed by atoms with Gasteiger partial charge in [0, 0.05) is 49.9 Å². The highest BCUT2D eigenvalue weighted by atomic mass is 32.1. The topological polar surface area (TPSA) is 71.3 Å². The van der Waals surface area contributed by atoms with E-state index < -0.39 is 0 Å². The third-order valence-electron chi connectivity index (χ3n) is 5.48. The second kappa shape index (κ2) is 7.19. The predicted octanol–water partition coefficient (Wildman–Crippen LogP) is 1.46. The van der Waals surface area contributed by atoms with E-state index in [0.29, 0.717) is 32.5 Å². The second-order valence-electron chi connectivity index (χ2n) is 7.12. The van der Waals surface area contributed by atoms with Crippen LogP contribution < -0.4 is 0 Å². The first kappa shape index (κ1) is 17.2. The fourth-order valence-corrected chi connectivity index (χ4v) is 4.53. The van der Waals surface area contributed by atoms with Crippen molar-refractivity contribution in [1.29, 1.82) is 0 Å². The van der Waals surface area contributed by atoms with Gasteiger partial charge in [-0.05, 0) is 25.3 Å². The number of thiazole rings is 1. The molecule has 26 heavy (non-hydrogen) atoms. The normalized spacial score (nSPS) is 22.7. The van der Waals surface area contributed by atoms with Crippen LogP contribution in [0.1, 0.15) is 30.7 Å². The summed E-state index contributed by atoms with van der Waals surface area (Å²) < 4.78 is 1.80. The van der Waals surface area contributed by atoms with Crippen molar-refractivity contribution in [3.63, 3.8) is 0 Å². The maximum atomic E-state index is 12.8. The molecule has 5 rings (SSSR count). The first-order chi connectivity index (χ1) is 12.6. The van der Waals surface area contributed by atoms with Gasteiger partial charge < -0.3 is 9.80 Å². The average molecular weight is 373 g/mol. The summed E-state index contributed by atoms with van der Waals surface area (Å²) in [7, 11) is 1.89. The number of hydrogen-bond acceptors (Lipinski definition) is 5. The molecular weight excluding hydrogens is 350 g/mol. The molecule has 3 aliphatic heterocycles. The first-order valence-electron chi connectivity index (χ1n) is 9.04. The smallest absolute Gasteiger partial charge is 0.228 e. The van der Waals surface area contributed by atoms with Crippen LogP contribution in [0.15, 0.2) is 23.2 Å². The summed E-state index contributed by atoms with van der Waals surface area (Å²) in [6, 6.07) is 2.04. The van der Waals surface area contributed by atoms with Crippen LogP contribution >= 0.6 is 11.3 Å². The Morgan fingerprint density at radius 1 is 1.35 bits per heavy atom. The van der Waals surface area contributed by atoms with Gasteiger partial charge in [-0.25, -0.2) is 4.98 Å². The average Bonchev–Trinajstić information content (AvgIpc) is 3.20. The molecule has 0 unspecified atom stereocenters. The zero-order valence-electron chi connectivity index (χ0n) is 14.9. The summed E-state index contributed by atoms with van der Waals surface area (Å²) in [6.45, 7) is 1.74. The zero-order valence-corrected chi connectivity index (χ0v) is 15.7. The Morgan fingerprint density at radius 2 is 2.23 bits per heavy atom. The maximum absolute atomic E-state index is 12.8. The van der Waals surface area contributed by atoms with Gasteiger partial charge in [-0.3, -0.25) is 14.3 Å². The van der Waals surface area contributed by atoms with Gasteiger partial charge in [-0.1, -0.05) is 0 Å². The minimum absolute atomic E-state index is 0.0759. The molecule has 0 spiro atoms. The Balaban J connectivity index is 1.42. The van der Waals surface area contributed by atoms with Crippen molar-refractivity contribution in [1.82, 2.24) is 24.6 Å². The van der Waals surface area contributed by atoms with Crippen molar-refractivity contribution in [2.24, 2.45) is 13.0 Å². The van der Waals surface area contributed by atoms with Crippen molar-refractivity contribution >= 4 is 23.2 Å². The van der Waals surface area contributed by atoms with Gasteiger partial charge in [0.1, 0.15) is 0 Å². The molecule has 7 nitrogen and oxygen atoms in total. The SMILES string of the molecule is Cn1nccc1CCC(=O)N1C[C@@H]2CC[C@H](C1)N(Cc1cscn1)C2=O. The molecule has 8 heteroatoms. The van der Waals surface area contributed by atoms with Gasteiger partial charge in [0.05, 0.1) is 23.7 Å². The van der Waals surface area contributed by atoms with Crippen molar-refractivity contribution < 1.29 is 9.59 Å². The predicted molar refractivity (Wildman–Crippen MR) is 97.3 cm³/mol. The molecule has 138 valence electrons. The van der Waals surface area contributed by atoms with Gasteiger partial charge in [-0.15, -0.1) is 11.3 Å². The number of hydrogen-bond donors (Lipinski definition) is 0. The molecule has 2 aromatic rings. The van der Waals surface area contributed by atoms with Gasteiger partial charge >= 0.3 is 0 Å². The number of carbonyl (C=O) groups is 2. The number of amides is 2. The van der Waals surface area contributed by atoms with Crippen LogP contribution in [-0.2, 0) is 29.6 Å². The Labute approximate surface area is 156 Å². The number of piperidine rings is 1. The molecule has 3 fully saturated rings. The minimum atomic E-state index is -0.0759. The Bertz CT molecular complexity index is 787. The molecule has 2 bridgehead atoms. The Hall–Kier alpha value is -2.22. The summed E-state index contributed by atoms with van der Waals surface area (Å²) in [4.78, 5) is 33.8. The molecule has 5 heterocycles. The van der Waals surface area contributed by atoms with E-state index in [1.54, 1.807) is 27.7 Å². The van der Waals surface area contributed by atoms with E-state index in [1.807, 2.05) is 28.3 Å². The highest BCUT2D eigenvalue weighted by Gasteiger charge is 2.41. The third-order valence-corrected chi connectivity index (χ3v) is 6.11.